The molecule has 6 N–H and O–H groups in total. The molecule has 4 fully saturated rings. The van der Waals surface area contributed by atoms with Gasteiger partial charge < -0.3 is 21.7 Å². The number of rotatable bonds is 2. The summed E-state index contributed by atoms with van der Waals surface area (Å²) in [6, 6.07) is 1.85. The second-order valence-electron chi connectivity index (χ2n) is 11.2. The lowest BCUT2D eigenvalue weighted by Gasteiger charge is -2.64. The second-order valence-corrected chi connectivity index (χ2v) is 11.2. The molecule has 4 aliphatic carbocycles. The van der Waals surface area contributed by atoms with Crippen molar-refractivity contribution in [3.8, 4) is 0 Å². The van der Waals surface area contributed by atoms with Gasteiger partial charge in [0.15, 0.2) is 0 Å². The maximum Gasteiger partial charge on any atom is 0.211 e. The average Bonchev–Trinajstić information content (AvgIpc) is 3.00. The summed E-state index contributed by atoms with van der Waals surface area (Å²) in [5, 5.41) is 40.3. The molecule has 0 bridgehead atoms. The Kier molecular flexibility index (Phi) is 4.91. The Bertz CT molecular complexity index is 949. The van der Waals surface area contributed by atoms with Crippen molar-refractivity contribution in [1.82, 2.24) is 10.2 Å². The summed E-state index contributed by atoms with van der Waals surface area (Å²) in [6.45, 7) is 4.53. The number of nitrogens with two attached hydrogens (primary N) is 2. The topological polar surface area (TPSA) is 143 Å². The Hall–Kier alpha value is -2.06. The zero-order chi connectivity index (χ0) is 22.8. The van der Waals surface area contributed by atoms with E-state index in [0.717, 1.165) is 56.2 Å². The van der Waals surface area contributed by atoms with Gasteiger partial charge in [0.05, 0.1) is 17.4 Å². The molecule has 1 heterocycles. The van der Waals surface area contributed by atoms with Gasteiger partial charge in [-0.1, -0.05) is 13.8 Å². The van der Waals surface area contributed by atoms with Gasteiger partial charge in [-0.2, -0.15) is 15.3 Å². The molecule has 7 atom stereocenters. The predicted molar refractivity (Wildman–Crippen MR) is 122 cm³/mol. The molecular weight excluding hydrogens is 404 g/mol. The first-order valence-electron chi connectivity index (χ1n) is 12.0. The van der Waals surface area contributed by atoms with Crippen LogP contribution in [0.2, 0.25) is 0 Å². The van der Waals surface area contributed by atoms with E-state index in [0.29, 0.717) is 24.7 Å². The van der Waals surface area contributed by atoms with E-state index in [1.807, 2.05) is 6.07 Å². The van der Waals surface area contributed by atoms with Crippen molar-refractivity contribution in [2.24, 2.45) is 50.3 Å². The van der Waals surface area contributed by atoms with Crippen LogP contribution in [0.4, 0.5) is 0 Å². The highest BCUT2D eigenvalue weighted by Gasteiger charge is 2.72. The van der Waals surface area contributed by atoms with Crippen LogP contribution < -0.4 is 11.5 Å². The predicted octanol–water partition coefficient (Wildman–Crippen LogP) is 2.45. The van der Waals surface area contributed by atoms with Crippen molar-refractivity contribution in [3.63, 3.8) is 0 Å². The van der Waals surface area contributed by atoms with Gasteiger partial charge in [-0.3, -0.25) is 0 Å². The van der Waals surface area contributed by atoms with Gasteiger partial charge in [0.2, 0.25) is 5.96 Å². The minimum absolute atomic E-state index is 0.00134. The van der Waals surface area contributed by atoms with Crippen molar-refractivity contribution in [2.75, 3.05) is 0 Å². The molecule has 0 unspecified atom stereocenters. The first kappa shape index (κ1) is 21.8. The summed E-state index contributed by atoms with van der Waals surface area (Å²) in [5.74, 6) is 1.17. The highest BCUT2D eigenvalue weighted by atomic mass is 16.3. The summed E-state index contributed by atoms with van der Waals surface area (Å²) in [7, 11) is 0. The van der Waals surface area contributed by atoms with Crippen molar-refractivity contribution in [2.45, 2.75) is 82.8 Å². The summed E-state index contributed by atoms with van der Waals surface area (Å²) >= 11 is 0. The summed E-state index contributed by atoms with van der Waals surface area (Å²) < 4.78 is 0. The minimum Gasteiger partial charge on any atom is -0.389 e. The molecule has 0 aromatic carbocycles. The molecule has 0 aliphatic heterocycles. The maximum absolute atomic E-state index is 12.3. The van der Waals surface area contributed by atoms with Gasteiger partial charge in [0.25, 0.3) is 0 Å². The Labute approximate surface area is 189 Å². The van der Waals surface area contributed by atoms with E-state index in [4.69, 9.17) is 11.5 Å². The van der Waals surface area contributed by atoms with Crippen LogP contribution in [-0.2, 0) is 5.60 Å². The first-order chi connectivity index (χ1) is 15.1. The quantitative estimate of drug-likeness (QED) is 0.316. The Morgan fingerprint density at radius 1 is 1.03 bits per heavy atom. The van der Waals surface area contributed by atoms with E-state index in [1.54, 1.807) is 12.4 Å². The fraction of sp³-hybridized carbons (Fsp3) is 0.750. The van der Waals surface area contributed by atoms with Crippen LogP contribution in [0.25, 0.3) is 0 Å². The van der Waals surface area contributed by atoms with Crippen LogP contribution in [-0.4, -0.2) is 37.7 Å². The molecule has 32 heavy (non-hydrogen) atoms. The lowest BCUT2D eigenvalue weighted by Crippen LogP contribution is -2.64. The van der Waals surface area contributed by atoms with Gasteiger partial charge >= 0.3 is 0 Å². The molecule has 4 aliphatic rings. The zero-order valence-corrected chi connectivity index (χ0v) is 19.2. The largest absolute Gasteiger partial charge is 0.389 e. The van der Waals surface area contributed by atoms with Gasteiger partial charge in [-0.05, 0) is 87.0 Å². The smallest absolute Gasteiger partial charge is 0.211 e. The molecule has 0 radical (unpaired) electrons. The zero-order valence-electron chi connectivity index (χ0n) is 19.2. The summed E-state index contributed by atoms with van der Waals surface area (Å²) in [4.78, 5) is 0. The third-order valence-corrected chi connectivity index (χ3v) is 10.2. The number of guanidine groups is 1. The van der Waals surface area contributed by atoms with E-state index >= 15 is 0 Å². The standard InChI is InChI=1S/C24H36N6O2/c1-21-8-5-17(29-30-20(25)26)13-15(21)3-4-19-18(21)6-9-22(2)23(31,10-11-24(19,22)32)16-7-12-27-28-14-16/h7,12,14-15,18-19,31-32H,3-6,8-11,13H2,1-2H3,(H4,25,26,30)/b29-17-/t15-,18+,19-,21+,22-,23+,24+/m1/s1. The molecule has 5 rings (SSSR count). The molecule has 4 saturated carbocycles. The molecule has 8 nitrogen and oxygen atoms in total. The van der Waals surface area contributed by atoms with Gasteiger partial charge in [0.1, 0.15) is 0 Å². The SMILES string of the molecule is C[C@]12CC/C(=N/N=C(N)N)C[C@H]1CC[C@@H]1[C@@H]2CC[C@]2(C)[C@@](O)(c3ccnnc3)CC[C@]12O. The molecule has 0 amide bonds. The van der Waals surface area contributed by atoms with Crippen molar-refractivity contribution >= 4 is 11.7 Å². The van der Waals surface area contributed by atoms with Crippen LogP contribution >= 0.6 is 0 Å². The average molecular weight is 441 g/mol. The van der Waals surface area contributed by atoms with Crippen molar-refractivity contribution < 1.29 is 10.2 Å². The minimum atomic E-state index is -1.08. The Morgan fingerprint density at radius 2 is 1.84 bits per heavy atom. The van der Waals surface area contributed by atoms with Gasteiger partial charge in [-0.25, -0.2) is 0 Å². The normalized spacial score (nSPS) is 46.8. The number of hydrogen-bond acceptors (Lipinski definition) is 6. The lowest BCUT2D eigenvalue weighted by atomic mass is 9.43. The van der Waals surface area contributed by atoms with Crippen LogP contribution in [0.3, 0.4) is 0 Å². The fourth-order valence-corrected chi connectivity index (χ4v) is 8.26. The van der Waals surface area contributed by atoms with Crippen LogP contribution in [0.15, 0.2) is 28.7 Å². The number of fused-ring (bicyclic) bond motifs is 5. The molecule has 0 spiro atoms. The Morgan fingerprint density at radius 3 is 2.56 bits per heavy atom. The third kappa shape index (κ3) is 2.81. The van der Waals surface area contributed by atoms with Gasteiger partial charge in [0, 0.05) is 22.9 Å². The van der Waals surface area contributed by atoms with E-state index < -0.39 is 16.6 Å². The molecular formula is C24H36N6O2. The number of nitrogens with zero attached hydrogens (tertiary/aromatic N) is 4. The molecule has 1 aromatic rings. The van der Waals surface area contributed by atoms with Crippen LogP contribution in [0.5, 0.6) is 0 Å². The molecule has 1 aromatic heterocycles. The summed E-state index contributed by atoms with van der Waals surface area (Å²) in [5.41, 5.74) is 10.4. The fourth-order valence-electron chi connectivity index (χ4n) is 8.26. The van der Waals surface area contributed by atoms with Crippen LogP contribution in [0, 0.1) is 28.6 Å². The molecule has 174 valence electrons. The van der Waals surface area contributed by atoms with E-state index in [9.17, 15) is 10.2 Å². The maximum atomic E-state index is 12.3. The lowest BCUT2D eigenvalue weighted by molar-refractivity contribution is -0.233. The monoisotopic (exact) mass is 440 g/mol. The van der Waals surface area contributed by atoms with Crippen LogP contribution in [0.1, 0.15) is 77.2 Å². The van der Waals surface area contributed by atoms with E-state index in [2.05, 4.69) is 34.2 Å². The highest BCUT2D eigenvalue weighted by Crippen LogP contribution is 2.71. The van der Waals surface area contributed by atoms with Gasteiger partial charge in [-0.15, -0.1) is 5.10 Å². The van der Waals surface area contributed by atoms with Crippen molar-refractivity contribution in [1.29, 1.82) is 0 Å². The number of hydrogen-bond donors (Lipinski definition) is 4. The second kappa shape index (κ2) is 7.22. The third-order valence-electron chi connectivity index (χ3n) is 10.2. The molecule has 8 heteroatoms. The summed E-state index contributed by atoms with van der Waals surface area (Å²) in [6.07, 6.45) is 11.2. The highest BCUT2D eigenvalue weighted by molar-refractivity contribution is 5.86. The number of aliphatic hydroxyl groups is 2. The Balaban J connectivity index is 1.45. The molecule has 0 saturated heterocycles. The van der Waals surface area contributed by atoms with E-state index in [-0.39, 0.29) is 17.3 Å². The first-order valence-corrected chi connectivity index (χ1v) is 12.0. The number of aromatic nitrogens is 2. The van der Waals surface area contributed by atoms with E-state index in [1.165, 1.54) is 0 Å². The van der Waals surface area contributed by atoms with Crippen molar-refractivity contribution in [3.05, 3.63) is 24.0 Å².